The summed E-state index contributed by atoms with van der Waals surface area (Å²) in [5.41, 5.74) is 7.79. The highest BCUT2D eigenvalue weighted by Gasteiger charge is 2.36. The molecule has 0 bridgehead atoms. The number of ether oxygens (including phenoxy) is 1. The standard InChI is InChI=1S/C17H16ClFN4O3/c18-11-3-8(1-2-12(11)19)10-5-23(16-14(10)15(20)21-7-22-16)17-13(25)4-9(6-24)26-17/h1-3,5,7,9,13,17,24-25H,4,6H2,(H2,20,21,22)/t9-,13+,17+/m0/s1. The summed E-state index contributed by atoms with van der Waals surface area (Å²) >= 11 is 5.91. The number of aromatic nitrogens is 3. The molecular weight excluding hydrogens is 363 g/mol. The van der Waals surface area contributed by atoms with Crippen LogP contribution in [0.2, 0.25) is 5.02 Å². The highest BCUT2D eigenvalue weighted by molar-refractivity contribution is 6.31. The van der Waals surface area contributed by atoms with Gasteiger partial charge in [0.1, 0.15) is 29.7 Å². The molecule has 3 heterocycles. The number of aliphatic hydroxyl groups excluding tert-OH is 2. The van der Waals surface area contributed by atoms with Crippen LogP contribution in [0.3, 0.4) is 0 Å². The maximum atomic E-state index is 13.5. The lowest BCUT2D eigenvalue weighted by molar-refractivity contribution is -0.0483. The lowest BCUT2D eigenvalue weighted by Crippen LogP contribution is -2.19. The minimum atomic E-state index is -0.816. The summed E-state index contributed by atoms with van der Waals surface area (Å²) < 4.78 is 20.9. The van der Waals surface area contributed by atoms with Crippen molar-refractivity contribution in [3.8, 4) is 11.1 Å². The SMILES string of the molecule is Nc1ncnc2c1c(-c1ccc(F)c(Cl)c1)cn2[C@@H]1O[C@H](CO)C[C@H]1O. The van der Waals surface area contributed by atoms with Crippen LogP contribution in [-0.2, 0) is 4.74 Å². The van der Waals surface area contributed by atoms with Crippen molar-refractivity contribution >= 4 is 28.5 Å². The predicted octanol–water partition coefficient (Wildman–Crippen LogP) is 2.11. The Morgan fingerprint density at radius 2 is 2.19 bits per heavy atom. The molecule has 1 aromatic carbocycles. The van der Waals surface area contributed by atoms with Crippen LogP contribution in [0.4, 0.5) is 10.2 Å². The van der Waals surface area contributed by atoms with Gasteiger partial charge < -0.3 is 25.3 Å². The average Bonchev–Trinajstić information content (AvgIpc) is 3.18. The van der Waals surface area contributed by atoms with Gasteiger partial charge in [-0.15, -0.1) is 0 Å². The van der Waals surface area contributed by atoms with Crippen molar-refractivity contribution in [2.75, 3.05) is 12.3 Å². The van der Waals surface area contributed by atoms with Crippen LogP contribution in [0.25, 0.3) is 22.2 Å². The van der Waals surface area contributed by atoms with Crippen LogP contribution in [0.1, 0.15) is 12.6 Å². The van der Waals surface area contributed by atoms with Crippen molar-refractivity contribution in [3.05, 3.63) is 41.6 Å². The van der Waals surface area contributed by atoms with E-state index in [1.165, 1.54) is 18.5 Å². The molecule has 0 spiro atoms. The van der Waals surface area contributed by atoms with Gasteiger partial charge in [0.2, 0.25) is 0 Å². The summed E-state index contributed by atoms with van der Waals surface area (Å²) in [6.07, 6.45) is 1.33. The third kappa shape index (κ3) is 2.71. The summed E-state index contributed by atoms with van der Waals surface area (Å²) in [4.78, 5) is 8.30. The van der Waals surface area contributed by atoms with Crippen molar-refractivity contribution in [1.29, 1.82) is 0 Å². The molecular formula is C17H16ClFN4O3. The van der Waals surface area contributed by atoms with Crippen LogP contribution in [0, 0.1) is 5.82 Å². The van der Waals surface area contributed by atoms with E-state index in [0.29, 0.717) is 28.6 Å². The Kier molecular flexibility index (Phi) is 4.28. The fourth-order valence-electron chi connectivity index (χ4n) is 3.28. The first-order valence-electron chi connectivity index (χ1n) is 8.00. The van der Waals surface area contributed by atoms with Gasteiger partial charge in [0.25, 0.3) is 0 Å². The zero-order valence-corrected chi connectivity index (χ0v) is 14.3. The number of halogens is 2. The van der Waals surface area contributed by atoms with Crippen LogP contribution < -0.4 is 5.73 Å². The summed E-state index contributed by atoms with van der Waals surface area (Å²) in [5, 5.41) is 20.2. The molecule has 1 fully saturated rings. The molecule has 7 nitrogen and oxygen atoms in total. The van der Waals surface area contributed by atoms with Crippen molar-refractivity contribution in [2.24, 2.45) is 0 Å². The maximum Gasteiger partial charge on any atom is 0.161 e. The summed E-state index contributed by atoms with van der Waals surface area (Å²) in [7, 11) is 0. The van der Waals surface area contributed by atoms with Gasteiger partial charge in [0, 0.05) is 18.2 Å². The van der Waals surface area contributed by atoms with Crippen LogP contribution in [0.5, 0.6) is 0 Å². The number of anilines is 1. The molecule has 0 aliphatic carbocycles. The second-order valence-electron chi connectivity index (χ2n) is 6.17. The topological polar surface area (TPSA) is 106 Å². The molecule has 3 aromatic rings. The quantitative estimate of drug-likeness (QED) is 0.644. The van der Waals surface area contributed by atoms with E-state index in [2.05, 4.69) is 9.97 Å². The first-order valence-corrected chi connectivity index (χ1v) is 8.38. The van der Waals surface area contributed by atoms with E-state index in [9.17, 15) is 14.6 Å². The van der Waals surface area contributed by atoms with Gasteiger partial charge in [-0.2, -0.15) is 0 Å². The van der Waals surface area contributed by atoms with E-state index >= 15 is 0 Å². The minimum Gasteiger partial charge on any atom is -0.394 e. The lowest BCUT2D eigenvalue weighted by atomic mass is 10.1. The number of nitrogen functional groups attached to an aromatic ring is 1. The van der Waals surface area contributed by atoms with Crippen molar-refractivity contribution in [1.82, 2.24) is 14.5 Å². The van der Waals surface area contributed by atoms with Crippen molar-refractivity contribution < 1.29 is 19.3 Å². The fourth-order valence-corrected chi connectivity index (χ4v) is 3.46. The molecule has 1 saturated heterocycles. The molecule has 9 heteroatoms. The Hall–Kier alpha value is -2.26. The van der Waals surface area contributed by atoms with Crippen molar-refractivity contribution in [2.45, 2.75) is 24.9 Å². The molecule has 136 valence electrons. The number of hydrogen-bond donors (Lipinski definition) is 3. The molecule has 0 amide bonds. The highest BCUT2D eigenvalue weighted by Crippen LogP contribution is 2.38. The number of hydrogen-bond acceptors (Lipinski definition) is 6. The summed E-state index contributed by atoms with van der Waals surface area (Å²) in [5.74, 6) is -0.279. The van der Waals surface area contributed by atoms with E-state index in [0.717, 1.165) is 0 Å². The monoisotopic (exact) mass is 378 g/mol. The largest absolute Gasteiger partial charge is 0.394 e. The second-order valence-corrected chi connectivity index (χ2v) is 6.58. The smallest absolute Gasteiger partial charge is 0.161 e. The molecule has 0 radical (unpaired) electrons. The van der Waals surface area contributed by atoms with Crippen LogP contribution >= 0.6 is 11.6 Å². The van der Waals surface area contributed by atoms with E-state index in [4.69, 9.17) is 22.1 Å². The zero-order valence-electron chi connectivity index (χ0n) is 13.5. The Morgan fingerprint density at radius 1 is 1.38 bits per heavy atom. The molecule has 2 aromatic heterocycles. The van der Waals surface area contributed by atoms with Crippen LogP contribution in [0.15, 0.2) is 30.7 Å². The fraction of sp³-hybridized carbons (Fsp3) is 0.294. The molecule has 3 atom stereocenters. The first-order chi connectivity index (χ1) is 12.5. The van der Waals surface area contributed by atoms with E-state index in [1.54, 1.807) is 16.8 Å². The molecule has 0 saturated carbocycles. The molecule has 1 aliphatic rings. The molecule has 4 rings (SSSR count). The highest BCUT2D eigenvalue weighted by atomic mass is 35.5. The Labute approximate surface area is 152 Å². The number of nitrogens with two attached hydrogens (primary N) is 1. The lowest BCUT2D eigenvalue weighted by Gasteiger charge is -2.17. The molecule has 1 aliphatic heterocycles. The third-order valence-corrected chi connectivity index (χ3v) is 4.80. The Morgan fingerprint density at radius 3 is 2.88 bits per heavy atom. The van der Waals surface area contributed by atoms with Gasteiger partial charge in [-0.1, -0.05) is 17.7 Å². The average molecular weight is 379 g/mol. The molecule has 0 unspecified atom stereocenters. The van der Waals surface area contributed by atoms with Gasteiger partial charge in [-0.05, 0) is 17.7 Å². The Bertz CT molecular complexity index is 980. The van der Waals surface area contributed by atoms with Gasteiger partial charge in [-0.25, -0.2) is 14.4 Å². The molecule has 4 N–H and O–H groups in total. The predicted molar refractivity (Wildman–Crippen MR) is 94.0 cm³/mol. The third-order valence-electron chi connectivity index (χ3n) is 4.51. The van der Waals surface area contributed by atoms with Gasteiger partial charge in [0.05, 0.1) is 23.1 Å². The second kappa shape index (κ2) is 6.48. The van der Waals surface area contributed by atoms with Gasteiger partial charge >= 0.3 is 0 Å². The minimum absolute atomic E-state index is 0.0173. The summed E-state index contributed by atoms with van der Waals surface area (Å²) in [6.45, 7) is -0.190. The maximum absolute atomic E-state index is 13.5. The number of benzene rings is 1. The summed E-state index contributed by atoms with van der Waals surface area (Å²) in [6, 6.07) is 4.34. The zero-order chi connectivity index (χ0) is 18.4. The van der Waals surface area contributed by atoms with E-state index in [-0.39, 0.29) is 17.4 Å². The normalized spacial score (nSPS) is 23.0. The number of aliphatic hydroxyl groups is 2. The van der Waals surface area contributed by atoms with E-state index in [1.807, 2.05) is 0 Å². The van der Waals surface area contributed by atoms with Gasteiger partial charge in [-0.3, -0.25) is 0 Å². The van der Waals surface area contributed by atoms with E-state index < -0.39 is 24.3 Å². The number of fused-ring (bicyclic) bond motifs is 1. The van der Waals surface area contributed by atoms with Crippen LogP contribution in [-0.4, -0.2) is 43.6 Å². The number of nitrogens with zero attached hydrogens (tertiary/aromatic N) is 3. The molecule has 26 heavy (non-hydrogen) atoms. The Balaban J connectivity index is 1.91. The van der Waals surface area contributed by atoms with Crippen molar-refractivity contribution in [3.63, 3.8) is 0 Å². The first kappa shape index (κ1) is 17.2. The number of rotatable bonds is 3. The van der Waals surface area contributed by atoms with Gasteiger partial charge in [0.15, 0.2) is 6.23 Å².